The summed E-state index contributed by atoms with van der Waals surface area (Å²) in [5, 5.41) is 12.5. The van der Waals surface area contributed by atoms with Gasteiger partial charge in [0.15, 0.2) is 5.75 Å². The Morgan fingerprint density at radius 3 is 3.00 bits per heavy atom. The zero-order valence-electron chi connectivity index (χ0n) is 8.30. The second-order valence-corrected chi connectivity index (χ2v) is 3.06. The SMILES string of the molecule is CCn1cc(O[C@@H](C)CC(=O)O)cn1. The highest BCUT2D eigenvalue weighted by atomic mass is 16.5. The molecule has 0 unspecified atom stereocenters. The van der Waals surface area contributed by atoms with Crippen molar-refractivity contribution in [3.05, 3.63) is 12.4 Å². The monoisotopic (exact) mass is 198 g/mol. The number of carboxylic acid groups (broad SMARTS) is 1. The van der Waals surface area contributed by atoms with Crippen LogP contribution in [0.3, 0.4) is 0 Å². The van der Waals surface area contributed by atoms with Gasteiger partial charge in [-0.25, -0.2) is 0 Å². The third-order valence-corrected chi connectivity index (χ3v) is 1.73. The van der Waals surface area contributed by atoms with Crippen molar-refractivity contribution in [1.29, 1.82) is 0 Å². The van der Waals surface area contributed by atoms with Crippen LogP contribution in [0.25, 0.3) is 0 Å². The minimum atomic E-state index is -0.861. The summed E-state index contributed by atoms with van der Waals surface area (Å²) in [5.41, 5.74) is 0. The molecular weight excluding hydrogens is 184 g/mol. The van der Waals surface area contributed by atoms with E-state index in [4.69, 9.17) is 9.84 Å². The molecule has 0 aromatic carbocycles. The van der Waals surface area contributed by atoms with Gasteiger partial charge >= 0.3 is 5.97 Å². The summed E-state index contributed by atoms with van der Waals surface area (Å²) in [6.45, 7) is 4.46. The molecule has 1 rings (SSSR count). The van der Waals surface area contributed by atoms with E-state index in [1.54, 1.807) is 24.0 Å². The van der Waals surface area contributed by atoms with E-state index in [0.29, 0.717) is 5.75 Å². The lowest BCUT2D eigenvalue weighted by molar-refractivity contribution is -0.138. The van der Waals surface area contributed by atoms with Crippen LogP contribution in [-0.4, -0.2) is 27.0 Å². The number of aliphatic carboxylic acids is 1. The second-order valence-electron chi connectivity index (χ2n) is 3.06. The first-order valence-electron chi connectivity index (χ1n) is 4.52. The van der Waals surface area contributed by atoms with E-state index in [-0.39, 0.29) is 12.5 Å². The maximum Gasteiger partial charge on any atom is 0.307 e. The van der Waals surface area contributed by atoms with Gasteiger partial charge in [-0.1, -0.05) is 0 Å². The van der Waals surface area contributed by atoms with E-state index < -0.39 is 5.97 Å². The van der Waals surface area contributed by atoms with Gasteiger partial charge in [0.1, 0.15) is 6.10 Å². The minimum absolute atomic E-state index is 0.00267. The molecule has 0 aliphatic carbocycles. The Balaban J connectivity index is 2.47. The lowest BCUT2D eigenvalue weighted by Gasteiger charge is -2.09. The molecule has 1 atom stereocenters. The minimum Gasteiger partial charge on any atom is -0.487 e. The number of rotatable bonds is 5. The summed E-state index contributed by atoms with van der Waals surface area (Å²) < 4.78 is 7.07. The average Bonchev–Trinajstić information content (AvgIpc) is 2.50. The molecule has 1 N–H and O–H groups in total. The maximum atomic E-state index is 10.4. The number of carboxylic acids is 1. The van der Waals surface area contributed by atoms with Crippen molar-refractivity contribution >= 4 is 5.97 Å². The van der Waals surface area contributed by atoms with E-state index in [2.05, 4.69) is 5.10 Å². The number of hydrogen-bond acceptors (Lipinski definition) is 3. The van der Waals surface area contributed by atoms with Crippen molar-refractivity contribution < 1.29 is 14.6 Å². The van der Waals surface area contributed by atoms with Gasteiger partial charge in [0.05, 0.1) is 18.8 Å². The van der Waals surface area contributed by atoms with Crippen LogP contribution in [0.15, 0.2) is 12.4 Å². The van der Waals surface area contributed by atoms with Gasteiger partial charge in [-0.3, -0.25) is 9.48 Å². The smallest absolute Gasteiger partial charge is 0.307 e. The highest BCUT2D eigenvalue weighted by Crippen LogP contribution is 2.11. The first-order chi connectivity index (χ1) is 6.61. The normalized spacial score (nSPS) is 12.4. The van der Waals surface area contributed by atoms with Gasteiger partial charge in [0.2, 0.25) is 0 Å². The van der Waals surface area contributed by atoms with Crippen molar-refractivity contribution in [1.82, 2.24) is 9.78 Å². The van der Waals surface area contributed by atoms with Gasteiger partial charge in [0, 0.05) is 6.54 Å². The molecule has 1 heterocycles. The zero-order valence-corrected chi connectivity index (χ0v) is 8.30. The Labute approximate surface area is 82.3 Å². The van der Waals surface area contributed by atoms with Crippen molar-refractivity contribution in [2.24, 2.45) is 0 Å². The van der Waals surface area contributed by atoms with Crippen LogP contribution < -0.4 is 4.74 Å². The van der Waals surface area contributed by atoms with E-state index >= 15 is 0 Å². The molecular formula is C9H14N2O3. The molecule has 5 nitrogen and oxygen atoms in total. The number of nitrogens with zero attached hydrogens (tertiary/aromatic N) is 2. The Kier molecular flexibility index (Phi) is 3.50. The first-order valence-corrected chi connectivity index (χ1v) is 4.52. The molecule has 0 saturated heterocycles. The van der Waals surface area contributed by atoms with Gasteiger partial charge in [-0.2, -0.15) is 5.10 Å². The molecule has 1 aromatic heterocycles. The Morgan fingerprint density at radius 2 is 2.50 bits per heavy atom. The molecule has 5 heteroatoms. The molecule has 0 saturated carbocycles. The van der Waals surface area contributed by atoms with Gasteiger partial charge < -0.3 is 9.84 Å². The molecule has 1 aromatic rings. The molecule has 0 aliphatic heterocycles. The van der Waals surface area contributed by atoms with E-state index in [9.17, 15) is 4.79 Å². The van der Waals surface area contributed by atoms with Crippen LogP contribution in [0.4, 0.5) is 0 Å². The molecule has 0 aliphatic rings. The highest BCUT2D eigenvalue weighted by Gasteiger charge is 2.09. The molecule has 14 heavy (non-hydrogen) atoms. The van der Waals surface area contributed by atoms with Crippen molar-refractivity contribution in [2.75, 3.05) is 0 Å². The Hall–Kier alpha value is -1.52. The van der Waals surface area contributed by atoms with E-state index in [0.717, 1.165) is 6.54 Å². The topological polar surface area (TPSA) is 64.3 Å². The van der Waals surface area contributed by atoms with Crippen LogP contribution >= 0.6 is 0 Å². The van der Waals surface area contributed by atoms with Crippen LogP contribution in [0.2, 0.25) is 0 Å². The summed E-state index contributed by atoms with van der Waals surface area (Å²) in [6.07, 6.45) is 3.00. The predicted molar refractivity (Wildman–Crippen MR) is 50.2 cm³/mol. The summed E-state index contributed by atoms with van der Waals surface area (Å²) in [4.78, 5) is 10.4. The second kappa shape index (κ2) is 4.64. The van der Waals surface area contributed by atoms with E-state index in [1.165, 1.54) is 0 Å². The quantitative estimate of drug-likeness (QED) is 0.770. The molecule has 0 amide bonds. The summed E-state index contributed by atoms with van der Waals surface area (Å²) in [5.74, 6) is -0.249. The number of hydrogen-bond donors (Lipinski definition) is 1. The standard InChI is InChI=1S/C9H14N2O3/c1-3-11-6-8(5-10-11)14-7(2)4-9(12)13/h5-7H,3-4H2,1-2H3,(H,12,13)/t7-/m0/s1. The lowest BCUT2D eigenvalue weighted by Crippen LogP contribution is -2.16. The van der Waals surface area contributed by atoms with Gasteiger partial charge in [-0.05, 0) is 13.8 Å². The number of aromatic nitrogens is 2. The average molecular weight is 198 g/mol. The molecule has 78 valence electrons. The van der Waals surface area contributed by atoms with Gasteiger partial charge in [-0.15, -0.1) is 0 Å². The maximum absolute atomic E-state index is 10.4. The largest absolute Gasteiger partial charge is 0.487 e. The number of carbonyl (C=O) groups is 1. The molecule has 0 spiro atoms. The third-order valence-electron chi connectivity index (χ3n) is 1.73. The first kappa shape index (κ1) is 10.6. The summed E-state index contributed by atoms with van der Waals surface area (Å²) in [6, 6.07) is 0. The lowest BCUT2D eigenvalue weighted by atomic mass is 10.3. The van der Waals surface area contributed by atoms with Crippen LogP contribution in [0.1, 0.15) is 20.3 Å². The van der Waals surface area contributed by atoms with Crippen molar-refractivity contribution in [3.8, 4) is 5.75 Å². The fourth-order valence-electron chi connectivity index (χ4n) is 1.10. The van der Waals surface area contributed by atoms with Crippen LogP contribution in [-0.2, 0) is 11.3 Å². The fourth-order valence-corrected chi connectivity index (χ4v) is 1.10. The third kappa shape index (κ3) is 3.08. The van der Waals surface area contributed by atoms with Crippen molar-refractivity contribution in [2.45, 2.75) is 32.9 Å². The number of aryl methyl sites for hydroxylation is 1. The summed E-state index contributed by atoms with van der Waals surface area (Å²) >= 11 is 0. The van der Waals surface area contributed by atoms with E-state index in [1.807, 2.05) is 6.92 Å². The predicted octanol–water partition coefficient (Wildman–Crippen LogP) is 1.15. The zero-order chi connectivity index (χ0) is 10.6. The molecule has 0 bridgehead atoms. The van der Waals surface area contributed by atoms with Gasteiger partial charge in [0.25, 0.3) is 0 Å². The summed E-state index contributed by atoms with van der Waals surface area (Å²) in [7, 11) is 0. The molecule has 0 fully saturated rings. The van der Waals surface area contributed by atoms with Crippen LogP contribution in [0, 0.1) is 0 Å². The Morgan fingerprint density at radius 1 is 1.79 bits per heavy atom. The fraction of sp³-hybridized carbons (Fsp3) is 0.556. The van der Waals surface area contributed by atoms with Crippen LogP contribution in [0.5, 0.6) is 5.75 Å². The highest BCUT2D eigenvalue weighted by molar-refractivity contribution is 5.67. The Bertz CT molecular complexity index is 309. The number of ether oxygens (including phenoxy) is 1. The van der Waals surface area contributed by atoms with Crippen molar-refractivity contribution in [3.63, 3.8) is 0 Å². The molecule has 0 radical (unpaired) electrons.